The Morgan fingerprint density at radius 1 is 1.00 bits per heavy atom. The molecule has 3 aromatic carbocycles. The van der Waals surface area contributed by atoms with Crippen LogP contribution in [0.25, 0.3) is 11.1 Å². The molecule has 0 radical (unpaired) electrons. The van der Waals surface area contributed by atoms with Gasteiger partial charge in [0.1, 0.15) is 12.6 Å². The number of ether oxygens (including phenoxy) is 1. The molecule has 0 aromatic heterocycles. The van der Waals surface area contributed by atoms with Crippen molar-refractivity contribution in [2.45, 2.75) is 31.7 Å². The van der Waals surface area contributed by atoms with Gasteiger partial charge in [-0.25, -0.2) is 9.59 Å². The Kier molecular flexibility index (Phi) is 7.51. The fourth-order valence-corrected chi connectivity index (χ4v) is 4.77. The number of amides is 2. The second-order valence-electron chi connectivity index (χ2n) is 8.30. The van der Waals surface area contributed by atoms with Gasteiger partial charge in [-0.05, 0) is 62.8 Å². The Morgan fingerprint density at radius 2 is 1.63 bits per heavy atom. The van der Waals surface area contributed by atoms with E-state index < -0.39 is 24.0 Å². The Hall–Kier alpha value is -3.65. The quantitative estimate of drug-likeness (QED) is 0.337. The maximum Gasteiger partial charge on any atom is 0.411 e. The summed E-state index contributed by atoms with van der Waals surface area (Å²) in [6, 6.07) is 19.9. The first-order valence-electron chi connectivity index (χ1n) is 11.3. The number of hydrogen-bond acceptors (Lipinski definition) is 4. The number of nitrogens with one attached hydrogen (secondary N) is 2. The lowest BCUT2D eigenvalue weighted by Gasteiger charge is -2.16. The van der Waals surface area contributed by atoms with Gasteiger partial charge in [-0.1, -0.05) is 61.9 Å². The summed E-state index contributed by atoms with van der Waals surface area (Å²) in [7, 11) is 0. The number of halogens is 1. The highest BCUT2D eigenvalue weighted by Crippen LogP contribution is 2.44. The molecule has 0 aliphatic heterocycles. The molecule has 0 heterocycles. The van der Waals surface area contributed by atoms with Crippen molar-refractivity contribution in [1.82, 2.24) is 5.32 Å². The zero-order valence-electron chi connectivity index (χ0n) is 19.1. The highest BCUT2D eigenvalue weighted by atomic mass is 79.9. The molecule has 3 aromatic rings. The molecule has 180 valence electrons. The van der Waals surface area contributed by atoms with E-state index in [-0.39, 0.29) is 18.1 Å². The molecule has 1 aliphatic rings. The molecule has 0 spiro atoms. The largest absolute Gasteiger partial charge is 0.480 e. The minimum Gasteiger partial charge on any atom is -0.480 e. The van der Waals surface area contributed by atoms with Crippen molar-refractivity contribution in [2.75, 3.05) is 11.9 Å². The predicted octanol–water partition coefficient (Wildman–Crippen LogP) is 5.79. The molecule has 0 saturated heterocycles. The molecule has 0 unspecified atom stereocenters. The third-order valence-corrected chi connectivity index (χ3v) is 6.65. The van der Waals surface area contributed by atoms with E-state index in [2.05, 4.69) is 50.8 Å². The first kappa shape index (κ1) is 24.5. The van der Waals surface area contributed by atoms with Gasteiger partial charge in [0.15, 0.2) is 0 Å². The first-order valence-corrected chi connectivity index (χ1v) is 12.1. The maximum absolute atomic E-state index is 12.6. The van der Waals surface area contributed by atoms with Crippen LogP contribution in [-0.4, -0.2) is 35.7 Å². The van der Waals surface area contributed by atoms with Gasteiger partial charge in [0.25, 0.3) is 5.91 Å². The Balaban J connectivity index is 1.39. The Labute approximate surface area is 211 Å². The lowest BCUT2D eigenvalue weighted by Crippen LogP contribution is -2.40. The van der Waals surface area contributed by atoms with E-state index in [1.807, 2.05) is 31.2 Å². The maximum atomic E-state index is 12.6. The molecular weight excluding hydrogens is 512 g/mol. The molecule has 1 atom stereocenters. The number of aliphatic carboxylic acids is 1. The first-order chi connectivity index (χ1) is 16.9. The fourth-order valence-electron chi connectivity index (χ4n) is 4.29. The zero-order valence-corrected chi connectivity index (χ0v) is 20.7. The van der Waals surface area contributed by atoms with Crippen molar-refractivity contribution in [1.29, 1.82) is 0 Å². The highest BCUT2D eigenvalue weighted by molar-refractivity contribution is 9.10. The molecule has 7 nitrogen and oxygen atoms in total. The number of carboxylic acid groups (broad SMARTS) is 1. The van der Waals surface area contributed by atoms with Crippen LogP contribution in [0.5, 0.6) is 0 Å². The standard InChI is InChI=1S/C27H25BrN2O5/c1-2-7-24(26(32)33)29-25(31)16-12-13-23(22(28)14-16)30-27(34)35-15-21-19-10-5-3-8-17(19)18-9-4-6-11-20(18)21/h3-6,8-14,21,24H,2,7,15H2,1H3,(H,29,31)(H,30,34)(H,32,33)/t24-/m1/s1. The highest BCUT2D eigenvalue weighted by Gasteiger charge is 2.29. The number of carboxylic acids is 1. The number of fused-ring (bicyclic) bond motifs is 3. The molecule has 8 heteroatoms. The van der Waals surface area contributed by atoms with Gasteiger partial charge >= 0.3 is 12.1 Å². The third kappa shape index (κ3) is 5.38. The molecule has 1 aliphatic carbocycles. The van der Waals surface area contributed by atoms with Crippen molar-refractivity contribution in [3.05, 3.63) is 87.9 Å². The smallest absolute Gasteiger partial charge is 0.411 e. The van der Waals surface area contributed by atoms with Crippen LogP contribution in [0, 0.1) is 0 Å². The summed E-state index contributed by atoms with van der Waals surface area (Å²) in [6.45, 7) is 2.04. The minimum absolute atomic E-state index is 0.0482. The average Bonchev–Trinajstić information content (AvgIpc) is 3.17. The van der Waals surface area contributed by atoms with Gasteiger partial charge in [-0.15, -0.1) is 0 Å². The topological polar surface area (TPSA) is 105 Å². The number of rotatable bonds is 8. The van der Waals surface area contributed by atoms with Gasteiger partial charge in [0.05, 0.1) is 5.69 Å². The van der Waals surface area contributed by atoms with E-state index >= 15 is 0 Å². The van der Waals surface area contributed by atoms with E-state index in [4.69, 9.17) is 4.74 Å². The molecule has 0 saturated carbocycles. The van der Waals surface area contributed by atoms with Gasteiger partial charge in [-0.2, -0.15) is 0 Å². The van der Waals surface area contributed by atoms with Crippen molar-refractivity contribution in [3.8, 4) is 11.1 Å². The van der Waals surface area contributed by atoms with Crippen LogP contribution in [0.1, 0.15) is 47.2 Å². The van der Waals surface area contributed by atoms with E-state index in [0.29, 0.717) is 23.0 Å². The Bertz CT molecular complexity index is 1230. The van der Waals surface area contributed by atoms with E-state index in [0.717, 1.165) is 22.3 Å². The lowest BCUT2D eigenvalue weighted by atomic mass is 9.98. The number of hydrogen-bond donors (Lipinski definition) is 3. The van der Waals surface area contributed by atoms with Gasteiger partial charge in [-0.3, -0.25) is 10.1 Å². The van der Waals surface area contributed by atoms with Crippen molar-refractivity contribution in [2.24, 2.45) is 0 Å². The molecule has 2 amide bonds. The van der Waals surface area contributed by atoms with Crippen LogP contribution in [0.4, 0.5) is 10.5 Å². The number of anilines is 1. The summed E-state index contributed by atoms with van der Waals surface area (Å²) >= 11 is 3.36. The predicted molar refractivity (Wildman–Crippen MR) is 137 cm³/mol. The van der Waals surface area contributed by atoms with Crippen LogP contribution in [0.2, 0.25) is 0 Å². The summed E-state index contributed by atoms with van der Waals surface area (Å²) in [5, 5.41) is 14.5. The summed E-state index contributed by atoms with van der Waals surface area (Å²) in [5.41, 5.74) is 5.26. The van der Waals surface area contributed by atoms with E-state index in [9.17, 15) is 19.5 Å². The Morgan fingerprint density at radius 3 is 2.20 bits per heavy atom. The third-order valence-electron chi connectivity index (χ3n) is 5.99. The van der Waals surface area contributed by atoms with Crippen molar-refractivity contribution in [3.63, 3.8) is 0 Å². The van der Waals surface area contributed by atoms with Gasteiger partial charge < -0.3 is 15.2 Å². The van der Waals surface area contributed by atoms with Crippen LogP contribution in [0.3, 0.4) is 0 Å². The monoisotopic (exact) mass is 536 g/mol. The fraction of sp³-hybridized carbons (Fsp3) is 0.222. The molecule has 4 rings (SSSR count). The van der Waals surface area contributed by atoms with Crippen LogP contribution in [-0.2, 0) is 9.53 Å². The molecule has 35 heavy (non-hydrogen) atoms. The average molecular weight is 537 g/mol. The summed E-state index contributed by atoms with van der Waals surface area (Å²) in [6.07, 6.45) is 0.354. The van der Waals surface area contributed by atoms with Gasteiger partial charge in [0, 0.05) is 16.0 Å². The molecule has 0 bridgehead atoms. The number of carbonyl (C=O) groups is 3. The van der Waals surface area contributed by atoms with Crippen LogP contribution < -0.4 is 10.6 Å². The molecular formula is C27H25BrN2O5. The second kappa shape index (κ2) is 10.7. The normalized spacial score (nSPS) is 12.9. The minimum atomic E-state index is -1.08. The van der Waals surface area contributed by atoms with Crippen LogP contribution in [0.15, 0.2) is 71.2 Å². The number of carbonyl (C=O) groups excluding carboxylic acids is 2. The summed E-state index contributed by atoms with van der Waals surface area (Å²) in [5.74, 6) is -1.62. The molecule has 3 N–H and O–H groups in total. The van der Waals surface area contributed by atoms with Crippen LogP contribution >= 0.6 is 15.9 Å². The van der Waals surface area contributed by atoms with E-state index in [1.54, 1.807) is 6.07 Å². The van der Waals surface area contributed by atoms with Gasteiger partial charge in [0.2, 0.25) is 0 Å². The van der Waals surface area contributed by atoms with Crippen molar-refractivity contribution >= 4 is 39.6 Å². The zero-order chi connectivity index (χ0) is 24.9. The van der Waals surface area contributed by atoms with Crippen molar-refractivity contribution < 1.29 is 24.2 Å². The summed E-state index contributed by atoms with van der Waals surface area (Å²) < 4.78 is 6.04. The molecule has 0 fully saturated rings. The SMILES string of the molecule is CCC[C@@H](NC(=O)c1ccc(NC(=O)OCC2c3ccccc3-c3ccccc32)c(Br)c1)C(=O)O. The van der Waals surface area contributed by atoms with E-state index in [1.165, 1.54) is 12.1 Å². The summed E-state index contributed by atoms with van der Waals surface area (Å²) in [4.78, 5) is 36.3. The number of benzene rings is 3. The second-order valence-corrected chi connectivity index (χ2v) is 9.15. The lowest BCUT2D eigenvalue weighted by molar-refractivity contribution is -0.139.